The van der Waals surface area contributed by atoms with Crippen molar-refractivity contribution in [2.45, 2.75) is 52.0 Å². The Morgan fingerprint density at radius 3 is 2.64 bits per heavy atom. The Kier molecular flexibility index (Phi) is 7.71. The molecule has 0 aliphatic carbocycles. The molecule has 1 heterocycles. The lowest BCUT2D eigenvalue weighted by Crippen LogP contribution is -2.04. The number of ether oxygens (including phenoxy) is 1. The molecular formula is C20H26N4O. The van der Waals surface area contributed by atoms with E-state index in [0.29, 0.717) is 24.0 Å². The van der Waals surface area contributed by atoms with E-state index in [1.165, 1.54) is 25.7 Å². The molecule has 2 rings (SSSR count). The Hall–Kier alpha value is -2.61. The van der Waals surface area contributed by atoms with E-state index in [-0.39, 0.29) is 0 Å². The van der Waals surface area contributed by atoms with Crippen LogP contribution in [0.3, 0.4) is 0 Å². The zero-order chi connectivity index (χ0) is 17.9. The summed E-state index contributed by atoms with van der Waals surface area (Å²) in [7, 11) is 1.63. The van der Waals surface area contributed by atoms with E-state index in [1.807, 2.05) is 34.9 Å². The molecule has 0 saturated heterocycles. The number of aromatic nitrogens is 2. The van der Waals surface area contributed by atoms with Gasteiger partial charge in [-0.05, 0) is 12.0 Å². The predicted molar refractivity (Wildman–Crippen MR) is 100.0 cm³/mol. The first-order valence-electron chi connectivity index (χ1n) is 8.89. The number of benzene rings is 1. The normalized spacial score (nSPS) is 11.3. The van der Waals surface area contributed by atoms with Gasteiger partial charge in [-0.15, -0.1) is 0 Å². The number of aliphatic imine (C=N–C) groups is 1. The highest BCUT2D eigenvalue weighted by molar-refractivity contribution is 5.79. The van der Waals surface area contributed by atoms with Crippen molar-refractivity contribution in [3.63, 3.8) is 0 Å². The first-order chi connectivity index (χ1) is 12.3. The first-order valence-corrected chi connectivity index (χ1v) is 8.89. The molecule has 0 unspecified atom stereocenters. The Morgan fingerprint density at radius 2 is 1.96 bits per heavy atom. The first kappa shape index (κ1) is 18.7. The van der Waals surface area contributed by atoms with E-state index in [0.717, 1.165) is 18.4 Å². The van der Waals surface area contributed by atoms with Crippen LogP contribution in [0.2, 0.25) is 0 Å². The van der Waals surface area contributed by atoms with Crippen molar-refractivity contribution in [1.29, 1.82) is 5.26 Å². The number of nitriles is 1. The van der Waals surface area contributed by atoms with Gasteiger partial charge in [0.05, 0.1) is 20.0 Å². The minimum atomic E-state index is 0.330. The Balaban J connectivity index is 2.12. The van der Waals surface area contributed by atoms with E-state index in [9.17, 15) is 5.26 Å². The number of hydrogen-bond donors (Lipinski definition) is 0. The van der Waals surface area contributed by atoms with Crippen LogP contribution in [-0.2, 0) is 11.3 Å². The SMILES string of the molecule is CCCCCCCC(=Nc1c(C#N)ncn1Cc1ccccc1)OC. The molecule has 0 amide bonds. The summed E-state index contributed by atoms with van der Waals surface area (Å²) in [4.78, 5) is 8.77. The summed E-state index contributed by atoms with van der Waals surface area (Å²) < 4.78 is 7.33. The van der Waals surface area contributed by atoms with Gasteiger partial charge in [0.15, 0.2) is 17.4 Å². The maximum atomic E-state index is 9.32. The van der Waals surface area contributed by atoms with Gasteiger partial charge < -0.3 is 9.30 Å². The van der Waals surface area contributed by atoms with Crippen LogP contribution in [0, 0.1) is 11.3 Å². The van der Waals surface area contributed by atoms with E-state index >= 15 is 0 Å². The molecule has 0 N–H and O–H groups in total. The summed E-state index contributed by atoms with van der Waals surface area (Å²) in [5, 5.41) is 9.32. The molecule has 0 saturated carbocycles. The number of imidazole rings is 1. The maximum absolute atomic E-state index is 9.32. The van der Waals surface area contributed by atoms with Gasteiger partial charge >= 0.3 is 0 Å². The number of hydrogen-bond acceptors (Lipinski definition) is 4. The highest BCUT2D eigenvalue weighted by Gasteiger charge is 2.12. The van der Waals surface area contributed by atoms with Crippen LogP contribution < -0.4 is 0 Å². The molecule has 5 nitrogen and oxygen atoms in total. The van der Waals surface area contributed by atoms with Gasteiger partial charge in [-0.25, -0.2) is 4.98 Å². The van der Waals surface area contributed by atoms with Crippen LogP contribution in [0.1, 0.15) is 56.7 Å². The summed E-state index contributed by atoms with van der Waals surface area (Å²) in [5.74, 6) is 1.22. The Morgan fingerprint density at radius 1 is 1.20 bits per heavy atom. The van der Waals surface area contributed by atoms with Crippen molar-refractivity contribution >= 4 is 11.7 Å². The summed E-state index contributed by atoms with van der Waals surface area (Å²) in [6.45, 7) is 2.83. The zero-order valence-electron chi connectivity index (χ0n) is 15.1. The van der Waals surface area contributed by atoms with E-state index in [1.54, 1.807) is 13.4 Å². The van der Waals surface area contributed by atoms with Gasteiger partial charge in [0.25, 0.3) is 0 Å². The maximum Gasteiger partial charge on any atom is 0.189 e. The lowest BCUT2D eigenvalue weighted by atomic mass is 10.1. The number of rotatable bonds is 9. The van der Waals surface area contributed by atoms with Crippen molar-refractivity contribution in [3.8, 4) is 6.07 Å². The summed E-state index contributed by atoms with van der Waals surface area (Å²) >= 11 is 0. The van der Waals surface area contributed by atoms with Gasteiger partial charge in [-0.3, -0.25) is 0 Å². The number of nitrogens with zero attached hydrogens (tertiary/aromatic N) is 4. The second-order valence-electron chi connectivity index (χ2n) is 6.02. The average molecular weight is 338 g/mol. The van der Waals surface area contributed by atoms with Crippen LogP contribution in [0.5, 0.6) is 0 Å². The highest BCUT2D eigenvalue weighted by Crippen LogP contribution is 2.21. The van der Waals surface area contributed by atoms with Gasteiger partial charge in [-0.1, -0.05) is 62.9 Å². The van der Waals surface area contributed by atoms with Crippen LogP contribution in [-0.4, -0.2) is 22.6 Å². The minimum Gasteiger partial charge on any atom is -0.484 e. The van der Waals surface area contributed by atoms with Crippen molar-refractivity contribution in [2.24, 2.45) is 4.99 Å². The number of unbranched alkanes of at least 4 members (excludes halogenated alkanes) is 4. The van der Waals surface area contributed by atoms with Gasteiger partial charge in [0.2, 0.25) is 0 Å². The fraction of sp³-hybridized carbons (Fsp3) is 0.450. The van der Waals surface area contributed by atoms with Crippen molar-refractivity contribution in [3.05, 3.63) is 47.9 Å². The fourth-order valence-corrected chi connectivity index (χ4v) is 2.67. The van der Waals surface area contributed by atoms with Crippen LogP contribution in [0.4, 0.5) is 5.82 Å². The van der Waals surface area contributed by atoms with Gasteiger partial charge in [-0.2, -0.15) is 10.3 Å². The zero-order valence-corrected chi connectivity index (χ0v) is 15.1. The molecule has 132 valence electrons. The fourth-order valence-electron chi connectivity index (χ4n) is 2.67. The van der Waals surface area contributed by atoms with Crippen LogP contribution >= 0.6 is 0 Å². The van der Waals surface area contributed by atoms with E-state index < -0.39 is 0 Å². The summed E-state index contributed by atoms with van der Waals surface area (Å²) in [6, 6.07) is 12.2. The molecule has 2 aromatic rings. The van der Waals surface area contributed by atoms with Crippen molar-refractivity contribution in [2.75, 3.05) is 7.11 Å². The third-order valence-corrected chi connectivity index (χ3v) is 4.07. The molecular weight excluding hydrogens is 312 g/mol. The molecule has 1 aromatic heterocycles. The molecule has 0 aliphatic heterocycles. The highest BCUT2D eigenvalue weighted by atomic mass is 16.5. The molecule has 1 aromatic carbocycles. The monoisotopic (exact) mass is 338 g/mol. The third-order valence-electron chi connectivity index (χ3n) is 4.07. The average Bonchev–Trinajstić information content (AvgIpc) is 3.02. The second kappa shape index (κ2) is 10.3. The van der Waals surface area contributed by atoms with Gasteiger partial charge in [0.1, 0.15) is 6.07 Å². The molecule has 0 fully saturated rings. The van der Waals surface area contributed by atoms with E-state index in [4.69, 9.17) is 4.74 Å². The second-order valence-corrected chi connectivity index (χ2v) is 6.02. The molecule has 25 heavy (non-hydrogen) atoms. The quantitative estimate of drug-likeness (QED) is 0.373. The van der Waals surface area contributed by atoms with Gasteiger partial charge in [0, 0.05) is 6.42 Å². The van der Waals surface area contributed by atoms with Crippen molar-refractivity contribution in [1.82, 2.24) is 9.55 Å². The lowest BCUT2D eigenvalue weighted by Gasteiger charge is -2.08. The topological polar surface area (TPSA) is 63.2 Å². The standard InChI is InChI=1S/C20H26N4O/c1-3-4-5-6-10-13-19(25-2)23-20-18(14-21)22-16-24(20)15-17-11-8-7-9-12-17/h7-9,11-12,16H,3-6,10,13,15H2,1-2H3. The predicted octanol–water partition coefficient (Wildman–Crippen LogP) is 4.84. The largest absolute Gasteiger partial charge is 0.484 e. The molecule has 0 atom stereocenters. The molecule has 0 spiro atoms. The lowest BCUT2D eigenvalue weighted by molar-refractivity contribution is 0.386. The third kappa shape index (κ3) is 5.75. The number of methoxy groups -OCH3 is 1. The smallest absolute Gasteiger partial charge is 0.189 e. The van der Waals surface area contributed by atoms with E-state index in [2.05, 4.69) is 23.0 Å². The molecule has 5 heteroatoms. The summed E-state index contributed by atoms with van der Waals surface area (Å²) in [6.07, 6.45) is 8.40. The Labute approximate surface area is 150 Å². The molecule has 0 radical (unpaired) electrons. The summed E-state index contributed by atoms with van der Waals surface area (Å²) in [5.41, 5.74) is 1.47. The van der Waals surface area contributed by atoms with Crippen LogP contribution in [0.15, 0.2) is 41.7 Å². The molecule has 0 bridgehead atoms. The Bertz CT molecular complexity index is 713. The van der Waals surface area contributed by atoms with Crippen LogP contribution in [0.25, 0.3) is 0 Å². The van der Waals surface area contributed by atoms with Crippen molar-refractivity contribution < 1.29 is 4.74 Å². The minimum absolute atomic E-state index is 0.330. The molecule has 0 aliphatic rings.